The first kappa shape index (κ1) is 17.8. The monoisotopic (exact) mass is 358 g/mol. The van der Waals surface area contributed by atoms with E-state index in [4.69, 9.17) is 16.3 Å². The molecule has 0 unspecified atom stereocenters. The molecule has 1 heterocycles. The maximum absolute atomic E-state index is 12.8. The molecule has 2 amide bonds. The Kier molecular flexibility index (Phi) is 6.31. The first-order valence-electron chi connectivity index (χ1n) is 8.64. The van der Waals surface area contributed by atoms with E-state index in [2.05, 4.69) is 5.32 Å². The zero-order chi connectivity index (χ0) is 17.5. The normalized spacial score (nSPS) is 14.9. The second-order valence-electron chi connectivity index (χ2n) is 6.36. The quantitative estimate of drug-likeness (QED) is 0.834. The van der Waals surface area contributed by atoms with Crippen LogP contribution in [0.3, 0.4) is 0 Å². The van der Waals surface area contributed by atoms with E-state index in [1.807, 2.05) is 47.4 Å². The van der Waals surface area contributed by atoms with Gasteiger partial charge >= 0.3 is 6.03 Å². The summed E-state index contributed by atoms with van der Waals surface area (Å²) < 4.78 is 5.44. The minimum Gasteiger partial charge on any atom is -0.381 e. The molecule has 5 heteroatoms. The van der Waals surface area contributed by atoms with E-state index in [0.29, 0.717) is 23.2 Å². The van der Waals surface area contributed by atoms with E-state index in [9.17, 15) is 4.79 Å². The maximum atomic E-state index is 12.8. The Morgan fingerprint density at radius 2 is 1.88 bits per heavy atom. The number of anilines is 1. The summed E-state index contributed by atoms with van der Waals surface area (Å²) in [5.41, 5.74) is 1.83. The van der Waals surface area contributed by atoms with Crippen molar-refractivity contribution in [1.29, 1.82) is 0 Å². The second-order valence-corrected chi connectivity index (χ2v) is 6.80. The third-order valence-corrected chi connectivity index (χ3v) is 4.63. The SMILES string of the molecule is O=C(Nc1cccc(Cl)c1)N(Cc1ccccc1)CC1CCOCC1. The van der Waals surface area contributed by atoms with Crippen LogP contribution in [-0.4, -0.2) is 30.7 Å². The molecule has 0 spiro atoms. The highest BCUT2D eigenvalue weighted by atomic mass is 35.5. The molecule has 0 bridgehead atoms. The van der Waals surface area contributed by atoms with Crippen LogP contribution in [0.4, 0.5) is 10.5 Å². The molecule has 25 heavy (non-hydrogen) atoms. The first-order chi connectivity index (χ1) is 12.2. The van der Waals surface area contributed by atoms with Crippen LogP contribution in [-0.2, 0) is 11.3 Å². The van der Waals surface area contributed by atoms with E-state index in [1.165, 1.54) is 0 Å². The van der Waals surface area contributed by atoms with Gasteiger partial charge in [-0.1, -0.05) is 48.0 Å². The molecule has 1 fully saturated rings. The Hall–Kier alpha value is -2.04. The fourth-order valence-electron chi connectivity index (χ4n) is 3.03. The van der Waals surface area contributed by atoms with Gasteiger partial charge in [0.15, 0.2) is 0 Å². The number of ether oxygens (including phenoxy) is 1. The lowest BCUT2D eigenvalue weighted by Gasteiger charge is -2.30. The molecule has 2 aromatic rings. The first-order valence-corrected chi connectivity index (χ1v) is 9.01. The van der Waals surface area contributed by atoms with Crippen molar-refractivity contribution in [3.05, 3.63) is 65.2 Å². The molecule has 1 saturated heterocycles. The number of hydrogen-bond donors (Lipinski definition) is 1. The number of halogens is 1. The molecular weight excluding hydrogens is 336 g/mol. The van der Waals surface area contributed by atoms with Crippen LogP contribution >= 0.6 is 11.6 Å². The molecule has 1 N–H and O–H groups in total. The standard InChI is InChI=1S/C20H23ClN2O2/c21-18-7-4-8-19(13-18)22-20(24)23(14-16-5-2-1-3-6-16)15-17-9-11-25-12-10-17/h1-8,13,17H,9-12,14-15H2,(H,22,24). The largest absolute Gasteiger partial charge is 0.381 e. The summed E-state index contributed by atoms with van der Waals surface area (Å²) >= 11 is 6.01. The lowest BCUT2D eigenvalue weighted by atomic mass is 9.99. The van der Waals surface area contributed by atoms with E-state index in [0.717, 1.165) is 38.2 Å². The highest BCUT2D eigenvalue weighted by Crippen LogP contribution is 2.20. The molecule has 1 aliphatic heterocycles. The zero-order valence-corrected chi connectivity index (χ0v) is 14.9. The number of carbonyl (C=O) groups excluding carboxylic acids is 1. The highest BCUT2D eigenvalue weighted by Gasteiger charge is 2.21. The van der Waals surface area contributed by atoms with Gasteiger partial charge in [-0.05, 0) is 42.5 Å². The number of rotatable bonds is 5. The lowest BCUT2D eigenvalue weighted by Crippen LogP contribution is -2.39. The minimum absolute atomic E-state index is 0.0994. The summed E-state index contributed by atoms with van der Waals surface area (Å²) in [6.45, 7) is 2.87. The summed E-state index contributed by atoms with van der Waals surface area (Å²) in [7, 11) is 0. The van der Waals surface area contributed by atoms with Gasteiger partial charge in [0.1, 0.15) is 0 Å². The number of nitrogens with zero attached hydrogens (tertiary/aromatic N) is 1. The van der Waals surface area contributed by atoms with Gasteiger partial charge in [-0.2, -0.15) is 0 Å². The van der Waals surface area contributed by atoms with Crippen LogP contribution in [0.15, 0.2) is 54.6 Å². The molecule has 0 aliphatic carbocycles. The van der Waals surface area contributed by atoms with Crippen molar-refractivity contribution in [3.63, 3.8) is 0 Å². The Balaban J connectivity index is 1.70. The topological polar surface area (TPSA) is 41.6 Å². The molecule has 0 radical (unpaired) electrons. The Bertz CT molecular complexity index is 687. The molecule has 3 rings (SSSR count). The zero-order valence-electron chi connectivity index (χ0n) is 14.2. The molecule has 2 aromatic carbocycles. The predicted molar refractivity (Wildman–Crippen MR) is 101 cm³/mol. The van der Waals surface area contributed by atoms with Crippen LogP contribution in [0.5, 0.6) is 0 Å². The fourth-order valence-corrected chi connectivity index (χ4v) is 3.22. The summed E-state index contributed by atoms with van der Waals surface area (Å²) in [6, 6.07) is 17.2. The molecule has 0 atom stereocenters. The Labute approximate surface area is 153 Å². The molecule has 132 valence electrons. The van der Waals surface area contributed by atoms with E-state index in [-0.39, 0.29) is 6.03 Å². The summed E-state index contributed by atoms with van der Waals surface area (Å²) in [5.74, 6) is 0.475. The Morgan fingerprint density at radius 1 is 1.12 bits per heavy atom. The third kappa shape index (κ3) is 5.48. The smallest absolute Gasteiger partial charge is 0.322 e. The lowest BCUT2D eigenvalue weighted by molar-refractivity contribution is 0.0564. The van der Waals surface area contributed by atoms with Crippen molar-refractivity contribution in [3.8, 4) is 0 Å². The second kappa shape index (κ2) is 8.88. The summed E-state index contributed by atoms with van der Waals surface area (Å²) in [5, 5.41) is 3.57. The molecular formula is C20H23ClN2O2. The molecule has 0 saturated carbocycles. The van der Waals surface area contributed by atoms with Crippen molar-refractivity contribution >= 4 is 23.3 Å². The number of amides is 2. The van der Waals surface area contributed by atoms with Gasteiger partial charge in [0.2, 0.25) is 0 Å². The number of hydrogen-bond acceptors (Lipinski definition) is 2. The van der Waals surface area contributed by atoms with Crippen molar-refractivity contribution in [1.82, 2.24) is 4.90 Å². The molecule has 1 aliphatic rings. The Morgan fingerprint density at radius 3 is 2.60 bits per heavy atom. The van der Waals surface area contributed by atoms with Gasteiger partial charge < -0.3 is 15.0 Å². The van der Waals surface area contributed by atoms with Gasteiger partial charge in [-0.15, -0.1) is 0 Å². The van der Waals surface area contributed by atoms with Crippen LogP contribution in [0.25, 0.3) is 0 Å². The van der Waals surface area contributed by atoms with Crippen molar-refractivity contribution < 1.29 is 9.53 Å². The molecule has 0 aromatic heterocycles. The number of benzene rings is 2. The summed E-state index contributed by atoms with van der Waals surface area (Å²) in [4.78, 5) is 14.7. The van der Waals surface area contributed by atoms with Crippen molar-refractivity contribution in [2.75, 3.05) is 25.1 Å². The van der Waals surface area contributed by atoms with E-state index >= 15 is 0 Å². The fraction of sp³-hybridized carbons (Fsp3) is 0.350. The predicted octanol–water partition coefficient (Wildman–Crippen LogP) is 4.80. The van der Waals surface area contributed by atoms with Crippen molar-refractivity contribution in [2.45, 2.75) is 19.4 Å². The number of carbonyl (C=O) groups is 1. The third-order valence-electron chi connectivity index (χ3n) is 4.40. The van der Waals surface area contributed by atoms with Gasteiger partial charge in [-0.3, -0.25) is 0 Å². The van der Waals surface area contributed by atoms with Gasteiger partial charge in [0, 0.05) is 37.0 Å². The van der Waals surface area contributed by atoms with Crippen LogP contribution < -0.4 is 5.32 Å². The van der Waals surface area contributed by atoms with Gasteiger partial charge in [-0.25, -0.2) is 4.79 Å². The van der Waals surface area contributed by atoms with Crippen LogP contribution in [0.1, 0.15) is 18.4 Å². The van der Waals surface area contributed by atoms with Crippen molar-refractivity contribution in [2.24, 2.45) is 5.92 Å². The van der Waals surface area contributed by atoms with E-state index in [1.54, 1.807) is 12.1 Å². The van der Waals surface area contributed by atoms with Gasteiger partial charge in [0.05, 0.1) is 0 Å². The number of urea groups is 1. The summed E-state index contributed by atoms with van der Waals surface area (Å²) in [6.07, 6.45) is 1.99. The average molecular weight is 359 g/mol. The van der Waals surface area contributed by atoms with Crippen LogP contribution in [0.2, 0.25) is 5.02 Å². The maximum Gasteiger partial charge on any atom is 0.322 e. The average Bonchev–Trinajstić information content (AvgIpc) is 2.63. The van der Waals surface area contributed by atoms with Gasteiger partial charge in [0.25, 0.3) is 0 Å². The van der Waals surface area contributed by atoms with Crippen LogP contribution in [0, 0.1) is 5.92 Å². The van der Waals surface area contributed by atoms with E-state index < -0.39 is 0 Å². The molecule has 4 nitrogen and oxygen atoms in total. The number of nitrogens with one attached hydrogen (secondary N) is 1. The highest BCUT2D eigenvalue weighted by molar-refractivity contribution is 6.30. The minimum atomic E-state index is -0.0994.